The summed E-state index contributed by atoms with van der Waals surface area (Å²) in [5.74, 6) is 0.790. The lowest BCUT2D eigenvalue weighted by molar-refractivity contribution is 0.685. The smallest absolute Gasteiger partial charge is 0.274 e. The number of rotatable bonds is 2. The molecule has 0 N–H and O–H groups in total. The van der Waals surface area contributed by atoms with Crippen LogP contribution in [0.1, 0.15) is 22.4 Å². The molecule has 0 fully saturated rings. The molecule has 0 spiro atoms. The zero-order valence-electron chi connectivity index (χ0n) is 16.6. The second kappa shape index (κ2) is 7.18. The summed E-state index contributed by atoms with van der Waals surface area (Å²) in [6.45, 7) is 5.47. The van der Waals surface area contributed by atoms with Crippen LogP contribution >= 0.6 is 11.6 Å². The van der Waals surface area contributed by atoms with Crippen molar-refractivity contribution >= 4 is 23.1 Å². The maximum atomic E-state index is 12.2. The molecule has 150 valence electrons. The number of pyridine rings is 2. The average Bonchev–Trinajstić information content (AvgIpc) is 2.73. The van der Waals surface area contributed by atoms with Crippen LogP contribution in [-0.2, 0) is 13.0 Å². The van der Waals surface area contributed by atoms with E-state index in [-0.39, 0.29) is 5.56 Å². The molecule has 30 heavy (non-hydrogen) atoms. The Kier molecular flexibility index (Phi) is 4.47. The van der Waals surface area contributed by atoms with Gasteiger partial charge in [-0.05, 0) is 48.7 Å². The third-order valence-electron chi connectivity index (χ3n) is 5.47. The van der Waals surface area contributed by atoms with Crippen molar-refractivity contribution in [3.05, 3.63) is 80.7 Å². The highest BCUT2D eigenvalue weighted by Crippen LogP contribution is 2.29. The number of hydrogen-bond acceptors (Lipinski definition) is 6. The summed E-state index contributed by atoms with van der Waals surface area (Å²) in [4.78, 5) is 27.5. The quantitative estimate of drug-likeness (QED) is 0.464. The summed E-state index contributed by atoms with van der Waals surface area (Å²) in [5, 5.41) is 5.08. The molecule has 1 aliphatic heterocycles. The van der Waals surface area contributed by atoms with E-state index in [2.05, 4.69) is 26.0 Å². The zero-order chi connectivity index (χ0) is 20.8. The number of aromatic nitrogens is 5. The maximum Gasteiger partial charge on any atom is 0.274 e. The fraction of sp³-hybridized carbons (Fsp3) is 0.227. The van der Waals surface area contributed by atoms with E-state index in [9.17, 15) is 4.79 Å². The number of halogens is 1. The molecular formula is C22H19ClN6O. The number of nitrogens with zero attached hydrogens (tertiary/aromatic N) is 6. The summed E-state index contributed by atoms with van der Waals surface area (Å²) in [5.41, 5.74) is 6.68. The van der Waals surface area contributed by atoms with Gasteiger partial charge in [0.15, 0.2) is 11.5 Å². The second-order valence-corrected chi connectivity index (χ2v) is 7.91. The average molecular weight is 419 g/mol. The number of aryl methyl sites for hydroxylation is 2. The van der Waals surface area contributed by atoms with E-state index >= 15 is 0 Å². The molecule has 0 aliphatic carbocycles. The van der Waals surface area contributed by atoms with Gasteiger partial charge in [-0.1, -0.05) is 11.6 Å². The molecule has 4 aromatic rings. The summed E-state index contributed by atoms with van der Waals surface area (Å²) in [6.07, 6.45) is 6.01. The van der Waals surface area contributed by atoms with Crippen LogP contribution in [-0.4, -0.2) is 31.1 Å². The molecular weight excluding hydrogens is 400 g/mol. The molecule has 1 aliphatic rings. The lowest BCUT2D eigenvalue weighted by atomic mass is 9.99. The van der Waals surface area contributed by atoms with Gasteiger partial charge in [0.05, 0.1) is 0 Å². The largest absolute Gasteiger partial charge is 0.350 e. The molecule has 0 saturated heterocycles. The van der Waals surface area contributed by atoms with Crippen LogP contribution in [0.3, 0.4) is 0 Å². The third-order valence-corrected chi connectivity index (χ3v) is 5.68. The first-order chi connectivity index (χ1) is 14.5. The Labute approximate surface area is 178 Å². The van der Waals surface area contributed by atoms with Crippen molar-refractivity contribution in [1.29, 1.82) is 0 Å². The van der Waals surface area contributed by atoms with E-state index in [1.54, 1.807) is 6.20 Å². The lowest BCUT2D eigenvalue weighted by Gasteiger charge is -2.30. The highest BCUT2D eigenvalue weighted by Gasteiger charge is 2.22. The molecule has 4 aromatic heterocycles. The van der Waals surface area contributed by atoms with Crippen molar-refractivity contribution in [3.63, 3.8) is 0 Å². The molecule has 0 bridgehead atoms. The predicted molar refractivity (Wildman–Crippen MR) is 116 cm³/mol. The van der Waals surface area contributed by atoms with Gasteiger partial charge in [-0.3, -0.25) is 9.78 Å². The number of anilines is 1. The Morgan fingerprint density at radius 2 is 1.90 bits per heavy atom. The van der Waals surface area contributed by atoms with Gasteiger partial charge in [0.1, 0.15) is 5.15 Å². The van der Waals surface area contributed by atoms with Gasteiger partial charge >= 0.3 is 0 Å². The van der Waals surface area contributed by atoms with E-state index in [1.165, 1.54) is 16.8 Å². The van der Waals surface area contributed by atoms with Gasteiger partial charge in [0, 0.05) is 61.0 Å². The minimum atomic E-state index is -0.187. The Bertz CT molecular complexity index is 1350. The summed E-state index contributed by atoms with van der Waals surface area (Å²) >= 11 is 6.01. The highest BCUT2D eigenvalue weighted by atomic mass is 35.5. The fourth-order valence-corrected chi connectivity index (χ4v) is 4.15. The van der Waals surface area contributed by atoms with E-state index in [4.69, 9.17) is 16.6 Å². The van der Waals surface area contributed by atoms with Crippen molar-refractivity contribution in [2.75, 3.05) is 11.4 Å². The molecule has 5 rings (SSSR count). The van der Waals surface area contributed by atoms with E-state index in [0.29, 0.717) is 17.3 Å². The first kappa shape index (κ1) is 18.7. The van der Waals surface area contributed by atoms with Crippen molar-refractivity contribution in [3.8, 4) is 11.1 Å². The van der Waals surface area contributed by atoms with Gasteiger partial charge < -0.3 is 4.90 Å². The number of fused-ring (bicyclic) bond motifs is 2. The summed E-state index contributed by atoms with van der Waals surface area (Å²) in [6, 6.07) is 7.34. The molecule has 7 nitrogen and oxygen atoms in total. The Morgan fingerprint density at radius 3 is 2.73 bits per heavy atom. The van der Waals surface area contributed by atoms with Crippen LogP contribution in [0.4, 0.5) is 5.82 Å². The zero-order valence-corrected chi connectivity index (χ0v) is 17.4. The second-order valence-electron chi connectivity index (χ2n) is 7.53. The van der Waals surface area contributed by atoms with Crippen LogP contribution in [0.15, 0.2) is 47.7 Å². The first-order valence-corrected chi connectivity index (χ1v) is 10.1. The molecule has 8 heteroatoms. The van der Waals surface area contributed by atoms with Crippen molar-refractivity contribution in [2.24, 2.45) is 0 Å². The number of hydrogen-bond donors (Lipinski definition) is 0. The van der Waals surface area contributed by atoms with Crippen LogP contribution in [0.25, 0.3) is 16.8 Å². The van der Waals surface area contributed by atoms with Crippen molar-refractivity contribution < 1.29 is 0 Å². The molecule has 0 unspecified atom stereocenters. The molecule has 0 saturated carbocycles. The SMILES string of the molecule is Cc1cc(Cl)ncc1-c1cnc2c(c1)CN(c1nn3c(=O)ccnc3cc1C)CC2. The van der Waals surface area contributed by atoms with Crippen LogP contribution < -0.4 is 10.5 Å². The van der Waals surface area contributed by atoms with Crippen molar-refractivity contribution in [1.82, 2.24) is 24.6 Å². The van der Waals surface area contributed by atoms with Gasteiger partial charge in [-0.25, -0.2) is 9.97 Å². The van der Waals surface area contributed by atoms with E-state index < -0.39 is 0 Å². The highest BCUT2D eigenvalue weighted by molar-refractivity contribution is 6.29. The Morgan fingerprint density at radius 1 is 1.03 bits per heavy atom. The minimum Gasteiger partial charge on any atom is -0.350 e. The van der Waals surface area contributed by atoms with Gasteiger partial charge in [-0.15, -0.1) is 5.10 Å². The lowest BCUT2D eigenvalue weighted by Crippen LogP contribution is -2.33. The van der Waals surface area contributed by atoms with Gasteiger partial charge in [0.25, 0.3) is 5.56 Å². The molecule has 0 amide bonds. The van der Waals surface area contributed by atoms with Gasteiger partial charge in [-0.2, -0.15) is 4.52 Å². The molecule has 0 radical (unpaired) electrons. The van der Waals surface area contributed by atoms with Crippen LogP contribution in [0, 0.1) is 13.8 Å². The predicted octanol–water partition coefficient (Wildman–Crippen LogP) is 3.38. The Balaban J connectivity index is 1.53. The normalized spacial score (nSPS) is 13.5. The molecule has 0 aromatic carbocycles. The monoisotopic (exact) mass is 418 g/mol. The third kappa shape index (κ3) is 3.21. The maximum absolute atomic E-state index is 12.2. The standard InChI is InChI=1S/C22H19ClN6O/c1-13-7-19(23)26-11-17(13)15-9-16-12-28(6-4-18(16)25-10-15)22-14(2)8-20-24-5-3-21(30)29(20)27-22/h3,5,7-11H,4,6,12H2,1-2H3. The summed E-state index contributed by atoms with van der Waals surface area (Å²) in [7, 11) is 0. The van der Waals surface area contributed by atoms with E-state index in [1.807, 2.05) is 32.2 Å². The topological polar surface area (TPSA) is 76.3 Å². The molecule has 0 atom stereocenters. The van der Waals surface area contributed by atoms with Crippen LogP contribution in [0.5, 0.6) is 0 Å². The molecule has 5 heterocycles. The summed E-state index contributed by atoms with van der Waals surface area (Å²) < 4.78 is 1.36. The minimum absolute atomic E-state index is 0.187. The van der Waals surface area contributed by atoms with Crippen LogP contribution in [0.2, 0.25) is 5.15 Å². The van der Waals surface area contributed by atoms with Gasteiger partial charge in [0.2, 0.25) is 0 Å². The fourth-order valence-electron chi connectivity index (χ4n) is 3.94. The van der Waals surface area contributed by atoms with E-state index in [0.717, 1.165) is 52.3 Å². The Hall–Kier alpha value is -3.32. The van der Waals surface area contributed by atoms with Crippen molar-refractivity contribution in [2.45, 2.75) is 26.8 Å². The first-order valence-electron chi connectivity index (χ1n) is 9.70.